The van der Waals surface area contributed by atoms with Crippen LogP contribution in [0, 0.1) is 6.92 Å². The van der Waals surface area contributed by atoms with Crippen LogP contribution in [0.5, 0.6) is 0 Å². The first kappa shape index (κ1) is 16.0. The highest BCUT2D eigenvalue weighted by Crippen LogP contribution is 2.19. The minimum absolute atomic E-state index is 0.330. The second kappa shape index (κ2) is 7.57. The van der Waals surface area contributed by atoms with E-state index in [4.69, 9.17) is 0 Å². The third-order valence-corrected chi connectivity index (χ3v) is 4.83. The molecule has 0 aromatic heterocycles. The maximum Gasteiger partial charge on any atom is 0.206 e. The molecule has 0 spiro atoms. The van der Waals surface area contributed by atoms with Gasteiger partial charge in [0, 0.05) is 0 Å². The Balaban J connectivity index is 0.000000211. The summed E-state index contributed by atoms with van der Waals surface area (Å²) in [5.41, 5.74) is 1.32. The highest BCUT2D eigenvalue weighted by atomic mass is 32.2. The second-order valence-corrected chi connectivity index (χ2v) is 6.73. The van der Waals surface area contributed by atoms with Gasteiger partial charge in [0.1, 0.15) is 0 Å². The van der Waals surface area contributed by atoms with Crippen LogP contribution in [0.4, 0.5) is 0 Å². The van der Waals surface area contributed by atoms with Crippen molar-refractivity contribution in [2.24, 2.45) is 0 Å². The summed E-state index contributed by atoms with van der Waals surface area (Å²) in [6.45, 7) is 2.08. The number of hydrogen-bond donors (Lipinski definition) is 0. The summed E-state index contributed by atoms with van der Waals surface area (Å²) in [7, 11) is -3.34. The topological polar surface area (TPSA) is 34.1 Å². The first-order valence-corrected chi connectivity index (χ1v) is 8.46. The van der Waals surface area contributed by atoms with Crippen LogP contribution >= 0.6 is 0 Å². The smallest absolute Gasteiger partial charge is 0.206 e. The van der Waals surface area contributed by atoms with Crippen molar-refractivity contribution in [3.05, 3.63) is 96.6 Å². The lowest BCUT2D eigenvalue weighted by atomic mass is 10.2. The van der Waals surface area contributed by atoms with E-state index in [0.717, 1.165) is 0 Å². The molecule has 0 atom stereocenters. The first-order valence-electron chi connectivity index (χ1n) is 6.97. The zero-order valence-corrected chi connectivity index (χ0v) is 13.2. The highest BCUT2D eigenvalue weighted by Gasteiger charge is 2.15. The van der Waals surface area contributed by atoms with E-state index < -0.39 is 9.84 Å². The lowest BCUT2D eigenvalue weighted by molar-refractivity contribution is 0.596. The summed E-state index contributed by atoms with van der Waals surface area (Å²) in [6, 6.07) is 27.1. The molecule has 3 heteroatoms. The van der Waals surface area contributed by atoms with Crippen molar-refractivity contribution in [3.63, 3.8) is 0 Å². The summed E-state index contributed by atoms with van der Waals surface area (Å²) in [5.74, 6) is 0. The summed E-state index contributed by atoms with van der Waals surface area (Å²) in [6.07, 6.45) is 0. The van der Waals surface area contributed by atoms with Gasteiger partial charge in [0.25, 0.3) is 0 Å². The molecule has 0 heterocycles. The number of hydrogen-bond acceptors (Lipinski definition) is 2. The Kier molecular flexibility index (Phi) is 5.50. The van der Waals surface area contributed by atoms with Crippen LogP contribution in [-0.2, 0) is 9.84 Å². The van der Waals surface area contributed by atoms with Crippen LogP contribution in [0.25, 0.3) is 0 Å². The van der Waals surface area contributed by atoms with Gasteiger partial charge in [-0.1, -0.05) is 72.3 Å². The van der Waals surface area contributed by atoms with Crippen LogP contribution in [0.2, 0.25) is 0 Å². The first-order chi connectivity index (χ1) is 10.6. The Labute approximate surface area is 132 Å². The van der Waals surface area contributed by atoms with Gasteiger partial charge < -0.3 is 0 Å². The fourth-order valence-corrected chi connectivity index (χ4v) is 3.17. The average Bonchev–Trinajstić information content (AvgIpc) is 2.58. The summed E-state index contributed by atoms with van der Waals surface area (Å²) in [4.78, 5) is 0.660. The molecule has 0 fully saturated rings. The average molecular weight is 310 g/mol. The Hall–Kier alpha value is -2.39. The van der Waals surface area contributed by atoms with Gasteiger partial charge >= 0.3 is 0 Å². The lowest BCUT2D eigenvalue weighted by Gasteiger charge is -2.03. The molecule has 0 amide bonds. The number of aryl methyl sites for hydroxylation is 1. The monoisotopic (exact) mass is 310 g/mol. The Bertz CT molecular complexity index is 735. The van der Waals surface area contributed by atoms with Gasteiger partial charge in [0.2, 0.25) is 9.84 Å². The SMILES string of the molecule is Cc1ccccc1.O=S(=O)(c1ccccc1)c1ccccc1. The van der Waals surface area contributed by atoms with Gasteiger partial charge in [-0.25, -0.2) is 8.42 Å². The van der Waals surface area contributed by atoms with Crippen molar-refractivity contribution >= 4 is 9.84 Å². The van der Waals surface area contributed by atoms with Crippen LogP contribution in [0.15, 0.2) is 101 Å². The van der Waals surface area contributed by atoms with E-state index in [1.165, 1.54) is 5.56 Å². The van der Waals surface area contributed by atoms with Crippen molar-refractivity contribution in [2.45, 2.75) is 16.7 Å². The molecule has 3 aromatic rings. The standard InChI is InChI=1S/C12H10O2S.C7H8/c13-15(14,11-7-3-1-4-8-11)12-9-5-2-6-10-12;1-7-5-3-2-4-6-7/h1-10H;2-6H,1H3. The lowest BCUT2D eigenvalue weighted by Crippen LogP contribution is -2.00. The van der Waals surface area contributed by atoms with E-state index in [0.29, 0.717) is 9.79 Å². The molecule has 0 aliphatic rings. The number of benzene rings is 3. The largest absolute Gasteiger partial charge is 0.219 e. The zero-order chi connectivity index (χ0) is 15.8. The van der Waals surface area contributed by atoms with E-state index in [9.17, 15) is 8.42 Å². The second-order valence-electron chi connectivity index (χ2n) is 4.78. The van der Waals surface area contributed by atoms with Crippen LogP contribution in [0.3, 0.4) is 0 Å². The van der Waals surface area contributed by atoms with Crippen molar-refractivity contribution in [1.29, 1.82) is 0 Å². The van der Waals surface area contributed by atoms with Crippen LogP contribution < -0.4 is 0 Å². The van der Waals surface area contributed by atoms with Gasteiger partial charge in [-0.2, -0.15) is 0 Å². The van der Waals surface area contributed by atoms with Gasteiger partial charge in [-0.15, -0.1) is 0 Å². The van der Waals surface area contributed by atoms with Crippen LogP contribution in [-0.4, -0.2) is 8.42 Å². The molecule has 0 saturated carbocycles. The van der Waals surface area contributed by atoms with E-state index in [1.807, 2.05) is 18.2 Å². The Morgan fingerprint density at radius 3 is 1.14 bits per heavy atom. The molecular formula is C19H18O2S. The predicted molar refractivity (Wildman–Crippen MR) is 89.5 cm³/mol. The third kappa shape index (κ3) is 4.30. The Morgan fingerprint density at radius 1 is 0.545 bits per heavy atom. The van der Waals surface area contributed by atoms with Crippen molar-refractivity contribution in [3.8, 4) is 0 Å². The molecule has 0 bridgehead atoms. The van der Waals surface area contributed by atoms with E-state index in [-0.39, 0.29) is 0 Å². The molecule has 112 valence electrons. The molecule has 0 unspecified atom stereocenters. The molecular weight excluding hydrogens is 292 g/mol. The minimum atomic E-state index is -3.34. The maximum absolute atomic E-state index is 12.0. The number of rotatable bonds is 2. The fraction of sp³-hybridized carbons (Fsp3) is 0.0526. The maximum atomic E-state index is 12.0. The third-order valence-electron chi connectivity index (χ3n) is 3.05. The minimum Gasteiger partial charge on any atom is -0.219 e. The molecule has 3 aromatic carbocycles. The summed E-state index contributed by atoms with van der Waals surface area (Å²) < 4.78 is 24.1. The molecule has 0 N–H and O–H groups in total. The molecule has 0 radical (unpaired) electrons. The molecule has 0 aliphatic carbocycles. The predicted octanol–water partition coefficient (Wildman–Crippen LogP) is 4.51. The number of sulfone groups is 1. The van der Waals surface area contributed by atoms with E-state index in [2.05, 4.69) is 19.1 Å². The highest BCUT2D eigenvalue weighted by molar-refractivity contribution is 7.91. The molecule has 3 rings (SSSR count). The molecule has 2 nitrogen and oxygen atoms in total. The van der Waals surface area contributed by atoms with E-state index >= 15 is 0 Å². The summed E-state index contributed by atoms with van der Waals surface area (Å²) in [5, 5.41) is 0. The van der Waals surface area contributed by atoms with Crippen molar-refractivity contribution in [1.82, 2.24) is 0 Å². The Morgan fingerprint density at radius 2 is 0.864 bits per heavy atom. The molecule has 22 heavy (non-hydrogen) atoms. The summed E-state index contributed by atoms with van der Waals surface area (Å²) >= 11 is 0. The zero-order valence-electron chi connectivity index (χ0n) is 12.4. The fourth-order valence-electron chi connectivity index (χ4n) is 1.87. The van der Waals surface area contributed by atoms with Crippen molar-refractivity contribution < 1.29 is 8.42 Å². The molecule has 0 saturated heterocycles. The van der Waals surface area contributed by atoms with Gasteiger partial charge in [-0.3, -0.25) is 0 Å². The van der Waals surface area contributed by atoms with Crippen LogP contribution in [0.1, 0.15) is 5.56 Å². The normalized spacial score (nSPS) is 10.4. The van der Waals surface area contributed by atoms with Gasteiger partial charge in [0.15, 0.2) is 0 Å². The quantitative estimate of drug-likeness (QED) is 0.697. The molecule has 0 aliphatic heterocycles. The van der Waals surface area contributed by atoms with Gasteiger partial charge in [0.05, 0.1) is 9.79 Å². The van der Waals surface area contributed by atoms with E-state index in [1.54, 1.807) is 60.7 Å². The van der Waals surface area contributed by atoms with Gasteiger partial charge in [-0.05, 0) is 31.2 Å². The van der Waals surface area contributed by atoms with Crippen molar-refractivity contribution in [2.75, 3.05) is 0 Å².